The average molecular weight is 494 g/mol. The number of amides is 1. The first-order valence-electron chi connectivity index (χ1n) is 10.2. The van der Waals surface area contributed by atoms with E-state index in [1.165, 1.54) is 10.4 Å². The van der Waals surface area contributed by atoms with Gasteiger partial charge in [-0.05, 0) is 29.8 Å². The topological polar surface area (TPSA) is 74.1 Å². The molecule has 2 aromatic heterocycles. The number of carbonyl (C=O) groups excluding carboxylic acids is 1. The van der Waals surface area contributed by atoms with Gasteiger partial charge >= 0.3 is 0 Å². The van der Waals surface area contributed by atoms with Crippen molar-refractivity contribution in [3.63, 3.8) is 0 Å². The van der Waals surface area contributed by atoms with Crippen LogP contribution >= 0.6 is 22.9 Å². The van der Waals surface area contributed by atoms with Gasteiger partial charge in [0.25, 0.3) is 10.0 Å². The summed E-state index contributed by atoms with van der Waals surface area (Å²) in [6.07, 6.45) is 1.60. The van der Waals surface area contributed by atoms with E-state index in [9.17, 15) is 13.2 Å². The van der Waals surface area contributed by atoms with E-state index in [2.05, 4.69) is 0 Å². The Hall–Kier alpha value is -2.17. The van der Waals surface area contributed by atoms with Crippen molar-refractivity contribution < 1.29 is 17.6 Å². The Bertz CT molecular complexity index is 1130. The molecule has 170 valence electrons. The van der Waals surface area contributed by atoms with Crippen LogP contribution in [-0.4, -0.2) is 61.2 Å². The summed E-state index contributed by atoms with van der Waals surface area (Å²) >= 11 is 6.96. The van der Waals surface area contributed by atoms with Crippen LogP contribution in [0.5, 0.6) is 0 Å². The highest BCUT2D eigenvalue weighted by atomic mass is 35.5. The van der Waals surface area contributed by atoms with Crippen molar-refractivity contribution in [2.24, 2.45) is 0 Å². The molecule has 0 spiro atoms. The predicted molar refractivity (Wildman–Crippen MR) is 124 cm³/mol. The summed E-state index contributed by atoms with van der Waals surface area (Å²) in [7, 11) is -3.55. The Morgan fingerprint density at radius 3 is 2.38 bits per heavy atom. The normalized spacial score (nSPS) is 15.7. The Labute approximate surface area is 196 Å². The monoisotopic (exact) mass is 493 g/mol. The fraction of sp³-hybridized carbons (Fsp3) is 0.318. The maximum absolute atomic E-state index is 13.1. The van der Waals surface area contributed by atoms with Gasteiger partial charge < -0.3 is 9.32 Å². The van der Waals surface area contributed by atoms with E-state index in [-0.39, 0.29) is 16.7 Å². The maximum Gasteiger partial charge on any atom is 0.252 e. The molecule has 1 aliphatic rings. The predicted octanol–water partition coefficient (Wildman–Crippen LogP) is 3.53. The van der Waals surface area contributed by atoms with Crippen molar-refractivity contribution in [3.05, 3.63) is 76.5 Å². The number of carbonyl (C=O) groups is 1. The van der Waals surface area contributed by atoms with Gasteiger partial charge in [-0.3, -0.25) is 9.69 Å². The highest BCUT2D eigenvalue weighted by molar-refractivity contribution is 7.91. The van der Waals surface area contributed by atoms with Gasteiger partial charge in [-0.25, -0.2) is 8.42 Å². The molecule has 1 aliphatic heterocycles. The first-order chi connectivity index (χ1) is 15.4. The van der Waals surface area contributed by atoms with Crippen LogP contribution in [0.1, 0.15) is 11.3 Å². The van der Waals surface area contributed by atoms with Crippen LogP contribution in [0.2, 0.25) is 4.34 Å². The van der Waals surface area contributed by atoms with Crippen molar-refractivity contribution in [1.29, 1.82) is 0 Å². The standard InChI is InChI=1S/C22H24ClN3O4S2/c23-20-8-9-22(31-20)32(28,29)26-12-10-24(11-13-26)17-21(27)25(16-19-7-4-14-30-19)15-18-5-2-1-3-6-18/h1-9,14H,10-13,15-17H2. The van der Waals surface area contributed by atoms with E-state index in [4.69, 9.17) is 16.0 Å². The number of benzene rings is 1. The molecule has 0 atom stereocenters. The zero-order chi connectivity index (χ0) is 22.6. The molecule has 1 fully saturated rings. The number of nitrogens with zero attached hydrogens (tertiary/aromatic N) is 3. The lowest BCUT2D eigenvalue weighted by molar-refractivity contribution is -0.134. The van der Waals surface area contributed by atoms with E-state index in [0.29, 0.717) is 43.6 Å². The minimum absolute atomic E-state index is 0.0217. The summed E-state index contributed by atoms with van der Waals surface area (Å²) in [5.41, 5.74) is 1.04. The van der Waals surface area contributed by atoms with Gasteiger partial charge in [0.2, 0.25) is 5.91 Å². The molecule has 1 amide bonds. The van der Waals surface area contributed by atoms with Crippen molar-refractivity contribution in [3.8, 4) is 0 Å². The average Bonchev–Trinajstić information content (AvgIpc) is 3.46. The van der Waals surface area contributed by atoms with E-state index >= 15 is 0 Å². The van der Waals surface area contributed by atoms with Gasteiger partial charge in [0.05, 0.1) is 23.7 Å². The van der Waals surface area contributed by atoms with Crippen molar-refractivity contribution in [1.82, 2.24) is 14.1 Å². The number of furan rings is 1. The second kappa shape index (κ2) is 10.2. The molecule has 0 saturated carbocycles. The molecule has 32 heavy (non-hydrogen) atoms. The quantitative estimate of drug-likeness (QED) is 0.480. The first-order valence-corrected chi connectivity index (χ1v) is 12.9. The molecule has 0 N–H and O–H groups in total. The zero-order valence-electron chi connectivity index (χ0n) is 17.4. The third kappa shape index (κ3) is 5.60. The van der Waals surface area contributed by atoms with Crippen LogP contribution in [0.25, 0.3) is 0 Å². The third-order valence-electron chi connectivity index (χ3n) is 5.33. The summed E-state index contributed by atoms with van der Waals surface area (Å²) in [4.78, 5) is 16.9. The lowest BCUT2D eigenvalue weighted by Crippen LogP contribution is -2.51. The van der Waals surface area contributed by atoms with Crippen LogP contribution in [0, 0.1) is 0 Å². The van der Waals surface area contributed by atoms with Crippen LogP contribution in [0.4, 0.5) is 0 Å². The molecular formula is C22H24ClN3O4S2. The zero-order valence-corrected chi connectivity index (χ0v) is 19.8. The molecule has 1 saturated heterocycles. The van der Waals surface area contributed by atoms with Gasteiger partial charge in [-0.1, -0.05) is 41.9 Å². The largest absolute Gasteiger partial charge is 0.467 e. The number of hydrogen-bond donors (Lipinski definition) is 0. The number of piperazine rings is 1. The number of rotatable bonds is 8. The van der Waals surface area contributed by atoms with Gasteiger partial charge in [0.15, 0.2) is 0 Å². The van der Waals surface area contributed by atoms with Gasteiger partial charge in [0.1, 0.15) is 9.97 Å². The summed E-state index contributed by atoms with van der Waals surface area (Å²) in [6, 6.07) is 16.6. The molecule has 3 heterocycles. The Morgan fingerprint density at radius 2 is 1.75 bits per heavy atom. The van der Waals surface area contributed by atoms with Crippen LogP contribution in [0.15, 0.2) is 69.5 Å². The fourth-order valence-corrected chi connectivity index (χ4v) is 6.67. The molecule has 4 rings (SSSR count). The highest BCUT2D eigenvalue weighted by Gasteiger charge is 2.30. The lowest BCUT2D eigenvalue weighted by atomic mass is 10.2. The number of thiophene rings is 1. The highest BCUT2D eigenvalue weighted by Crippen LogP contribution is 2.28. The van der Waals surface area contributed by atoms with E-state index in [0.717, 1.165) is 22.7 Å². The third-order valence-corrected chi connectivity index (χ3v) is 8.93. The van der Waals surface area contributed by atoms with Crippen LogP contribution in [0.3, 0.4) is 0 Å². The Balaban J connectivity index is 1.37. The van der Waals surface area contributed by atoms with Gasteiger partial charge in [-0.15, -0.1) is 11.3 Å². The van der Waals surface area contributed by atoms with Gasteiger partial charge in [-0.2, -0.15) is 4.31 Å². The van der Waals surface area contributed by atoms with Crippen molar-refractivity contribution in [2.45, 2.75) is 17.3 Å². The minimum atomic E-state index is -3.55. The SMILES string of the molecule is O=C(CN1CCN(S(=O)(=O)c2ccc(Cl)s2)CC1)N(Cc1ccccc1)Cc1ccco1. The number of sulfonamides is 1. The molecule has 7 nitrogen and oxygen atoms in total. The Morgan fingerprint density at radius 1 is 1.00 bits per heavy atom. The summed E-state index contributed by atoms with van der Waals surface area (Å²) in [5.74, 6) is 0.700. The summed E-state index contributed by atoms with van der Waals surface area (Å²) in [6.45, 7) is 2.74. The minimum Gasteiger partial charge on any atom is -0.467 e. The molecule has 0 bridgehead atoms. The van der Waals surface area contributed by atoms with Crippen molar-refractivity contribution in [2.75, 3.05) is 32.7 Å². The molecular weight excluding hydrogens is 470 g/mol. The van der Waals surface area contributed by atoms with E-state index in [1.54, 1.807) is 23.3 Å². The van der Waals surface area contributed by atoms with Crippen LogP contribution < -0.4 is 0 Å². The summed E-state index contributed by atoms with van der Waals surface area (Å²) in [5, 5.41) is 0. The van der Waals surface area contributed by atoms with E-state index in [1.807, 2.05) is 41.3 Å². The molecule has 0 unspecified atom stereocenters. The van der Waals surface area contributed by atoms with Crippen molar-refractivity contribution >= 4 is 38.9 Å². The lowest BCUT2D eigenvalue weighted by Gasteiger charge is -2.34. The second-order valence-electron chi connectivity index (χ2n) is 7.55. The fourth-order valence-electron chi connectivity index (χ4n) is 3.61. The smallest absolute Gasteiger partial charge is 0.252 e. The second-order valence-corrected chi connectivity index (χ2v) is 11.4. The summed E-state index contributed by atoms with van der Waals surface area (Å²) < 4.78 is 33.2. The van der Waals surface area contributed by atoms with Gasteiger partial charge in [0, 0.05) is 32.7 Å². The number of hydrogen-bond acceptors (Lipinski definition) is 6. The molecule has 0 aliphatic carbocycles. The Kier molecular flexibility index (Phi) is 7.32. The molecule has 0 radical (unpaired) electrons. The first kappa shape index (κ1) is 23.0. The molecule has 10 heteroatoms. The van der Waals surface area contributed by atoms with E-state index < -0.39 is 10.0 Å². The maximum atomic E-state index is 13.1. The number of halogens is 1. The van der Waals surface area contributed by atoms with Crippen LogP contribution in [-0.2, 0) is 27.9 Å². The molecule has 1 aromatic carbocycles. The molecule has 3 aromatic rings.